The summed E-state index contributed by atoms with van der Waals surface area (Å²) < 4.78 is 0. The van der Waals surface area contributed by atoms with E-state index in [1.165, 1.54) is 0 Å². The van der Waals surface area contributed by atoms with Gasteiger partial charge in [0.1, 0.15) is 12.1 Å². The van der Waals surface area contributed by atoms with Crippen LogP contribution in [0.2, 0.25) is 0 Å². The van der Waals surface area contributed by atoms with Crippen LogP contribution in [0.25, 0.3) is 10.8 Å². The molecule has 0 aliphatic carbocycles. The molecule has 0 spiro atoms. The van der Waals surface area contributed by atoms with Crippen LogP contribution in [0.3, 0.4) is 0 Å². The van der Waals surface area contributed by atoms with E-state index in [4.69, 9.17) is 0 Å². The maximum Gasteiger partial charge on any atom is 0.254 e. The number of hydrogen-bond donors (Lipinski definition) is 0. The standard InChI is InChI=1S/C26H25N3O3/c1-27-22(16-18-8-3-2-4-9-18)26(32)29-15-14-28(17-23(29)25(27)31)24(30)21-13-7-11-19-10-5-6-12-20(19)21/h2-13,22-23H,14-17H2,1H3/t22-,23+/m0/s1. The molecule has 2 fully saturated rings. The third kappa shape index (κ3) is 3.42. The van der Waals surface area contributed by atoms with Crippen LogP contribution in [0.1, 0.15) is 15.9 Å². The molecule has 32 heavy (non-hydrogen) atoms. The van der Waals surface area contributed by atoms with Crippen molar-refractivity contribution in [3.63, 3.8) is 0 Å². The van der Waals surface area contributed by atoms with Crippen molar-refractivity contribution in [2.24, 2.45) is 0 Å². The zero-order valence-corrected chi connectivity index (χ0v) is 18.0. The van der Waals surface area contributed by atoms with Gasteiger partial charge in [-0.1, -0.05) is 66.7 Å². The summed E-state index contributed by atoms with van der Waals surface area (Å²) in [5.74, 6) is -0.255. The van der Waals surface area contributed by atoms with E-state index in [0.29, 0.717) is 25.1 Å². The molecule has 5 rings (SSSR count). The molecular formula is C26H25N3O3. The average molecular weight is 428 g/mol. The van der Waals surface area contributed by atoms with Crippen LogP contribution in [0.15, 0.2) is 72.8 Å². The number of amides is 3. The smallest absolute Gasteiger partial charge is 0.254 e. The fourth-order valence-electron chi connectivity index (χ4n) is 4.83. The third-order valence-electron chi connectivity index (χ3n) is 6.63. The van der Waals surface area contributed by atoms with Crippen LogP contribution >= 0.6 is 0 Å². The topological polar surface area (TPSA) is 60.9 Å². The predicted octanol–water partition coefficient (Wildman–Crippen LogP) is 2.58. The Morgan fingerprint density at radius 2 is 1.59 bits per heavy atom. The molecule has 0 aromatic heterocycles. The highest BCUT2D eigenvalue weighted by atomic mass is 16.2. The molecule has 0 N–H and O–H groups in total. The maximum absolute atomic E-state index is 13.4. The van der Waals surface area contributed by atoms with Gasteiger partial charge >= 0.3 is 0 Å². The van der Waals surface area contributed by atoms with Gasteiger partial charge in [0.05, 0.1) is 6.54 Å². The Morgan fingerprint density at radius 3 is 2.41 bits per heavy atom. The summed E-state index contributed by atoms with van der Waals surface area (Å²) in [7, 11) is 1.69. The molecule has 6 heteroatoms. The normalized spacial score (nSPS) is 21.1. The summed E-state index contributed by atoms with van der Waals surface area (Å²) in [6.45, 7) is 0.999. The number of rotatable bonds is 3. The Kier molecular flexibility index (Phi) is 5.13. The zero-order valence-electron chi connectivity index (χ0n) is 18.0. The van der Waals surface area contributed by atoms with Crippen molar-refractivity contribution in [3.05, 3.63) is 83.9 Å². The van der Waals surface area contributed by atoms with E-state index in [1.807, 2.05) is 72.8 Å². The Labute approximate surface area is 187 Å². The van der Waals surface area contributed by atoms with Gasteiger partial charge in [0.2, 0.25) is 11.8 Å². The van der Waals surface area contributed by atoms with Gasteiger partial charge in [-0.25, -0.2) is 0 Å². The van der Waals surface area contributed by atoms with Crippen molar-refractivity contribution in [3.8, 4) is 0 Å². The quantitative estimate of drug-likeness (QED) is 0.646. The Hall–Kier alpha value is -3.67. The molecule has 162 valence electrons. The van der Waals surface area contributed by atoms with E-state index in [-0.39, 0.29) is 24.3 Å². The van der Waals surface area contributed by atoms with Crippen molar-refractivity contribution >= 4 is 28.5 Å². The van der Waals surface area contributed by atoms with Crippen LogP contribution in [-0.4, -0.2) is 71.2 Å². The zero-order chi connectivity index (χ0) is 22.2. The lowest BCUT2D eigenvalue weighted by molar-refractivity contribution is -0.163. The number of benzene rings is 3. The largest absolute Gasteiger partial charge is 0.334 e. The van der Waals surface area contributed by atoms with E-state index in [1.54, 1.807) is 21.7 Å². The number of likely N-dealkylation sites (N-methyl/N-ethyl adjacent to an activating group) is 1. The summed E-state index contributed by atoms with van der Waals surface area (Å²) in [5, 5.41) is 1.90. The summed E-state index contributed by atoms with van der Waals surface area (Å²) in [5.41, 5.74) is 1.65. The molecule has 0 saturated carbocycles. The fourth-order valence-corrected chi connectivity index (χ4v) is 4.83. The SMILES string of the molecule is CN1C(=O)[C@H]2CN(C(=O)c3cccc4ccccc34)CCN2C(=O)[C@@H]1Cc1ccccc1. The number of carbonyl (C=O) groups is 3. The van der Waals surface area contributed by atoms with Crippen molar-refractivity contribution in [2.75, 3.05) is 26.7 Å². The molecule has 3 aromatic rings. The number of fused-ring (bicyclic) bond motifs is 2. The molecule has 3 amide bonds. The first-order chi connectivity index (χ1) is 15.5. The molecule has 6 nitrogen and oxygen atoms in total. The van der Waals surface area contributed by atoms with Crippen LogP contribution in [0.5, 0.6) is 0 Å². The molecule has 0 unspecified atom stereocenters. The molecule has 0 bridgehead atoms. The molecule has 2 atom stereocenters. The fraction of sp³-hybridized carbons (Fsp3) is 0.269. The molecule has 0 radical (unpaired) electrons. The van der Waals surface area contributed by atoms with E-state index < -0.39 is 12.1 Å². The average Bonchev–Trinajstić information content (AvgIpc) is 2.85. The second kappa shape index (κ2) is 8.11. The minimum atomic E-state index is -0.632. The van der Waals surface area contributed by atoms with Crippen LogP contribution in [-0.2, 0) is 16.0 Å². The number of piperazine rings is 2. The first-order valence-corrected chi connectivity index (χ1v) is 10.9. The minimum Gasteiger partial charge on any atom is -0.334 e. The van der Waals surface area contributed by atoms with Gasteiger partial charge < -0.3 is 14.7 Å². The van der Waals surface area contributed by atoms with E-state index >= 15 is 0 Å². The van der Waals surface area contributed by atoms with Crippen LogP contribution < -0.4 is 0 Å². The predicted molar refractivity (Wildman–Crippen MR) is 122 cm³/mol. The van der Waals surface area contributed by atoms with Gasteiger partial charge in [-0.05, 0) is 22.4 Å². The number of carbonyl (C=O) groups excluding carboxylic acids is 3. The van der Waals surface area contributed by atoms with Gasteiger partial charge in [-0.15, -0.1) is 0 Å². The third-order valence-corrected chi connectivity index (χ3v) is 6.63. The summed E-state index contributed by atoms with van der Waals surface area (Å²) >= 11 is 0. The van der Waals surface area contributed by atoms with Gasteiger partial charge in [0, 0.05) is 32.1 Å². The summed E-state index contributed by atoms with van der Waals surface area (Å²) in [6, 6.07) is 22.1. The van der Waals surface area contributed by atoms with Gasteiger partial charge in [0.25, 0.3) is 5.91 Å². The Bertz CT molecular complexity index is 1190. The lowest BCUT2D eigenvalue weighted by Crippen LogP contribution is -2.70. The first kappa shape index (κ1) is 20.2. The van der Waals surface area contributed by atoms with Gasteiger partial charge in [0.15, 0.2) is 0 Å². The van der Waals surface area contributed by atoms with Crippen molar-refractivity contribution < 1.29 is 14.4 Å². The molecule has 2 aliphatic rings. The molecule has 2 aliphatic heterocycles. The summed E-state index contributed by atoms with van der Waals surface area (Å²) in [4.78, 5) is 44.8. The highest BCUT2D eigenvalue weighted by molar-refractivity contribution is 6.07. The van der Waals surface area contributed by atoms with E-state index in [9.17, 15) is 14.4 Å². The van der Waals surface area contributed by atoms with E-state index in [2.05, 4.69) is 0 Å². The maximum atomic E-state index is 13.4. The molecule has 2 saturated heterocycles. The van der Waals surface area contributed by atoms with Crippen molar-refractivity contribution in [1.82, 2.24) is 14.7 Å². The molecular weight excluding hydrogens is 402 g/mol. The highest BCUT2D eigenvalue weighted by Crippen LogP contribution is 2.26. The lowest BCUT2D eigenvalue weighted by Gasteiger charge is -2.48. The Morgan fingerprint density at radius 1 is 0.875 bits per heavy atom. The second-order valence-electron chi connectivity index (χ2n) is 8.48. The first-order valence-electron chi connectivity index (χ1n) is 10.9. The monoisotopic (exact) mass is 427 g/mol. The number of hydrogen-bond acceptors (Lipinski definition) is 3. The Balaban J connectivity index is 1.37. The minimum absolute atomic E-state index is 0.0433. The van der Waals surface area contributed by atoms with Crippen LogP contribution in [0, 0.1) is 0 Å². The molecule has 2 heterocycles. The van der Waals surface area contributed by atoms with E-state index in [0.717, 1.165) is 16.3 Å². The second-order valence-corrected chi connectivity index (χ2v) is 8.48. The number of nitrogens with zero attached hydrogens (tertiary/aromatic N) is 3. The van der Waals surface area contributed by atoms with Gasteiger partial charge in [-0.3, -0.25) is 14.4 Å². The highest BCUT2D eigenvalue weighted by Gasteiger charge is 2.47. The summed E-state index contributed by atoms with van der Waals surface area (Å²) in [6.07, 6.45) is 0.490. The van der Waals surface area contributed by atoms with Gasteiger partial charge in [-0.2, -0.15) is 0 Å². The lowest BCUT2D eigenvalue weighted by atomic mass is 9.96. The van der Waals surface area contributed by atoms with Crippen molar-refractivity contribution in [2.45, 2.75) is 18.5 Å². The van der Waals surface area contributed by atoms with Crippen molar-refractivity contribution in [1.29, 1.82) is 0 Å². The molecule has 3 aromatic carbocycles. The van der Waals surface area contributed by atoms with Crippen LogP contribution in [0.4, 0.5) is 0 Å².